The molecule has 15 heavy (non-hydrogen) atoms. The molecule has 0 saturated heterocycles. The molecule has 0 aliphatic rings. The maximum Gasteiger partial charge on any atom is 0.125 e. The molecular formula is C12H15ClO2. The molecule has 1 N–H and O–H groups in total. The Balaban J connectivity index is 2.91. The van der Waals surface area contributed by atoms with Crippen molar-refractivity contribution in [2.24, 2.45) is 0 Å². The molecular weight excluding hydrogens is 212 g/mol. The van der Waals surface area contributed by atoms with Crippen molar-refractivity contribution in [2.45, 2.75) is 20.0 Å². The summed E-state index contributed by atoms with van der Waals surface area (Å²) in [5, 5.41) is 9.96. The summed E-state index contributed by atoms with van der Waals surface area (Å²) in [5.74, 6) is 0.659. The molecule has 3 heteroatoms. The van der Waals surface area contributed by atoms with Gasteiger partial charge in [0, 0.05) is 10.6 Å². The average molecular weight is 227 g/mol. The number of hydrogen-bond donors (Lipinski definition) is 1. The largest absolute Gasteiger partial charge is 0.488 e. The molecule has 0 spiro atoms. The van der Waals surface area contributed by atoms with Gasteiger partial charge in [-0.2, -0.15) is 0 Å². The van der Waals surface area contributed by atoms with E-state index in [1.807, 2.05) is 25.1 Å². The summed E-state index contributed by atoms with van der Waals surface area (Å²) in [6, 6.07) is 5.67. The summed E-state index contributed by atoms with van der Waals surface area (Å²) in [7, 11) is 0. The van der Waals surface area contributed by atoms with Crippen LogP contribution in [0.4, 0.5) is 0 Å². The van der Waals surface area contributed by atoms with E-state index in [2.05, 4.69) is 6.58 Å². The minimum atomic E-state index is -0.552. The molecule has 1 aromatic carbocycles. The maximum atomic E-state index is 9.53. The van der Waals surface area contributed by atoms with Crippen LogP contribution in [0, 0.1) is 6.92 Å². The van der Waals surface area contributed by atoms with Crippen molar-refractivity contribution in [3.63, 3.8) is 0 Å². The minimum absolute atomic E-state index is 0.255. The highest BCUT2D eigenvalue weighted by molar-refractivity contribution is 6.29. The van der Waals surface area contributed by atoms with Crippen LogP contribution in [0.15, 0.2) is 29.8 Å². The zero-order valence-electron chi connectivity index (χ0n) is 8.96. The number of aliphatic hydroxyl groups excluding tert-OH is 1. The molecule has 0 radical (unpaired) electrons. The fourth-order valence-electron chi connectivity index (χ4n) is 1.27. The van der Waals surface area contributed by atoms with Gasteiger partial charge in [-0.05, 0) is 25.5 Å². The predicted octanol–water partition coefficient (Wildman–Crippen LogP) is 3.18. The van der Waals surface area contributed by atoms with Crippen LogP contribution < -0.4 is 4.74 Å². The van der Waals surface area contributed by atoms with E-state index in [9.17, 15) is 5.11 Å². The number of aryl methyl sites for hydroxylation is 1. The highest BCUT2D eigenvalue weighted by atomic mass is 35.5. The van der Waals surface area contributed by atoms with Crippen LogP contribution in [0.25, 0.3) is 0 Å². The van der Waals surface area contributed by atoms with Crippen LogP contribution in [-0.4, -0.2) is 11.7 Å². The predicted molar refractivity (Wildman–Crippen MR) is 62.3 cm³/mol. The van der Waals surface area contributed by atoms with Crippen molar-refractivity contribution >= 4 is 11.6 Å². The zero-order valence-corrected chi connectivity index (χ0v) is 9.71. The fourth-order valence-corrected chi connectivity index (χ4v) is 1.32. The number of halogens is 1. The summed E-state index contributed by atoms with van der Waals surface area (Å²) >= 11 is 5.62. The number of aliphatic hydroxyl groups is 1. The number of ether oxygens (including phenoxy) is 1. The second-order valence-electron chi connectivity index (χ2n) is 3.52. The molecule has 0 heterocycles. The van der Waals surface area contributed by atoms with Crippen molar-refractivity contribution in [1.29, 1.82) is 0 Å². The molecule has 0 amide bonds. The standard InChI is InChI=1S/C12H15ClO2/c1-8-4-5-11(10(3)14)12(6-8)15-7-9(2)13/h4-6,10,14H,2,7H2,1,3H3/t10-/m0/s1. The minimum Gasteiger partial charge on any atom is -0.488 e. The summed E-state index contributed by atoms with van der Waals surface area (Å²) in [4.78, 5) is 0. The van der Waals surface area contributed by atoms with Gasteiger partial charge in [-0.15, -0.1) is 0 Å². The third-order valence-electron chi connectivity index (χ3n) is 2.00. The highest BCUT2D eigenvalue weighted by Gasteiger charge is 2.09. The third kappa shape index (κ3) is 3.57. The van der Waals surface area contributed by atoms with Gasteiger partial charge in [0.15, 0.2) is 0 Å². The molecule has 1 aromatic rings. The van der Waals surface area contributed by atoms with Gasteiger partial charge >= 0.3 is 0 Å². The van der Waals surface area contributed by atoms with E-state index < -0.39 is 6.10 Å². The van der Waals surface area contributed by atoms with Gasteiger partial charge in [0.05, 0.1) is 6.10 Å². The molecule has 2 nitrogen and oxygen atoms in total. The first-order valence-corrected chi connectivity index (χ1v) is 5.13. The Morgan fingerprint density at radius 1 is 1.60 bits per heavy atom. The Morgan fingerprint density at radius 3 is 2.80 bits per heavy atom. The van der Waals surface area contributed by atoms with Gasteiger partial charge < -0.3 is 9.84 Å². The lowest BCUT2D eigenvalue weighted by Crippen LogP contribution is -2.02. The van der Waals surface area contributed by atoms with E-state index in [1.54, 1.807) is 6.92 Å². The number of hydrogen-bond acceptors (Lipinski definition) is 2. The first-order chi connectivity index (χ1) is 7.00. The molecule has 0 aromatic heterocycles. The quantitative estimate of drug-likeness (QED) is 0.855. The van der Waals surface area contributed by atoms with Crippen LogP contribution in [0.3, 0.4) is 0 Å². The SMILES string of the molecule is C=C(Cl)COc1cc(C)ccc1[C@H](C)O. The van der Waals surface area contributed by atoms with Gasteiger partial charge in [-0.25, -0.2) is 0 Å². The monoisotopic (exact) mass is 226 g/mol. The Bertz CT molecular complexity index is 359. The van der Waals surface area contributed by atoms with Gasteiger partial charge in [-0.1, -0.05) is 30.3 Å². The first kappa shape index (κ1) is 12.1. The normalized spacial score (nSPS) is 12.3. The molecule has 82 valence electrons. The van der Waals surface area contributed by atoms with Crippen molar-refractivity contribution in [2.75, 3.05) is 6.61 Å². The molecule has 1 atom stereocenters. The Labute approximate surface area is 95.1 Å². The molecule has 0 bridgehead atoms. The van der Waals surface area contributed by atoms with Gasteiger partial charge in [-0.3, -0.25) is 0 Å². The van der Waals surface area contributed by atoms with Crippen molar-refractivity contribution in [1.82, 2.24) is 0 Å². The van der Waals surface area contributed by atoms with E-state index in [4.69, 9.17) is 16.3 Å². The van der Waals surface area contributed by atoms with E-state index in [-0.39, 0.29) is 6.61 Å². The van der Waals surface area contributed by atoms with Crippen LogP contribution in [0.1, 0.15) is 24.2 Å². The Hall–Kier alpha value is -0.990. The molecule has 0 unspecified atom stereocenters. The van der Waals surface area contributed by atoms with E-state index in [0.29, 0.717) is 10.8 Å². The van der Waals surface area contributed by atoms with E-state index in [0.717, 1.165) is 11.1 Å². The second kappa shape index (κ2) is 5.19. The van der Waals surface area contributed by atoms with Gasteiger partial charge in [0.2, 0.25) is 0 Å². The first-order valence-electron chi connectivity index (χ1n) is 4.75. The lowest BCUT2D eigenvalue weighted by molar-refractivity contribution is 0.193. The van der Waals surface area contributed by atoms with Crippen LogP contribution in [-0.2, 0) is 0 Å². The Morgan fingerprint density at radius 2 is 2.27 bits per heavy atom. The van der Waals surface area contributed by atoms with Crippen LogP contribution in [0.2, 0.25) is 0 Å². The summed E-state index contributed by atoms with van der Waals surface area (Å²) in [6.07, 6.45) is -0.552. The smallest absolute Gasteiger partial charge is 0.125 e. The van der Waals surface area contributed by atoms with Crippen LogP contribution in [0.5, 0.6) is 5.75 Å². The average Bonchev–Trinajstić information content (AvgIpc) is 2.14. The van der Waals surface area contributed by atoms with Gasteiger partial charge in [0.25, 0.3) is 0 Å². The summed E-state index contributed by atoms with van der Waals surface area (Å²) in [5.41, 5.74) is 1.84. The lowest BCUT2D eigenvalue weighted by Gasteiger charge is -2.13. The van der Waals surface area contributed by atoms with Gasteiger partial charge in [0.1, 0.15) is 12.4 Å². The summed E-state index contributed by atoms with van der Waals surface area (Å²) in [6.45, 7) is 7.47. The fraction of sp³-hybridized carbons (Fsp3) is 0.333. The Kier molecular flexibility index (Phi) is 4.18. The van der Waals surface area contributed by atoms with Crippen molar-refractivity contribution in [3.05, 3.63) is 40.9 Å². The topological polar surface area (TPSA) is 29.5 Å². The van der Waals surface area contributed by atoms with E-state index in [1.165, 1.54) is 0 Å². The van der Waals surface area contributed by atoms with Crippen LogP contribution >= 0.6 is 11.6 Å². The van der Waals surface area contributed by atoms with E-state index >= 15 is 0 Å². The maximum absolute atomic E-state index is 9.53. The zero-order chi connectivity index (χ0) is 11.4. The number of benzene rings is 1. The molecule has 0 fully saturated rings. The molecule has 1 rings (SSSR count). The summed E-state index contributed by atoms with van der Waals surface area (Å²) < 4.78 is 5.45. The van der Waals surface area contributed by atoms with Crippen molar-refractivity contribution in [3.8, 4) is 5.75 Å². The lowest BCUT2D eigenvalue weighted by atomic mass is 10.1. The number of rotatable bonds is 4. The third-order valence-corrected chi connectivity index (χ3v) is 2.11. The second-order valence-corrected chi connectivity index (χ2v) is 4.06. The van der Waals surface area contributed by atoms with Crippen molar-refractivity contribution < 1.29 is 9.84 Å². The highest BCUT2D eigenvalue weighted by Crippen LogP contribution is 2.26. The molecule has 0 aliphatic carbocycles. The molecule has 0 aliphatic heterocycles. The molecule has 0 saturated carbocycles.